The fourth-order valence-electron chi connectivity index (χ4n) is 2.56. The zero-order chi connectivity index (χ0) is 13.3. The second-order valence-corrected chi connectivity index (χ2v) is 5.20. The minimum absolute atomic E-state index is 0.607. The topological polar surface area (TPSA) is 30.5 Å². The van der Waals surface area contributed by atoms with Crippen LogP contribution in [-0.4, -0.2) is 26.4 Å². The number of benzene rings is 1. The van der Waals surface area contributed by atoms with Crippen molar-refractivity contribution in [3.05, 3.63) is 29.8 Å². The molecule has 1 fully saturated rings. The first-order chi connectivity index (χ1) is 9.38. The molecule has 0 aliphatic heterocycles. The third-order valence-electron chi connectivity index (χ3n) is 3.65. The van der Waals surface area contributed by atoms with E-state index in [1.54, 1.807) is 7.11 Å². The van der Waals surface area contributed by atoms with Crippen LogP contribution in [0.1, 0.15) is 37.7 Å². The van der Waals surface area contributed by atoms with Gasteiger partial charge in [-0.2, -0.15) is 0 Å². The van der Waals surface area contributed by atoms with Gasteiger partial charge in [-0.3, -0.25) is 0 Å². The van der Waals surface area contributed by atoms with Crippen LogP contribution in [0.3, 0.4) is 0 Å². The van der Waals surface area contributed by atoms with Gasteiger partial charge in [0.05, 0.1) is 6.61 Å². The van der Waals surface area contributed by atoms with Crippen molar-refractivity contribution in [3.63, 3.8) is 0 Å². The number of hydrogen-bond donors (Lipinski definition) is 1. The van der Waals surface area contributed by atoms with Gasteiger partial charge in [-0.25, -0.2) is 0 Å². The SMILES string of the molecule is COCCOc1cccc(CNC2CCCCC2)c1. The molecule has 0 aromatic heterocycles. The molecule has 3 nitrogen and oxygen atoms in total. The molecule has 1 saturated carbocycles. The summed E-state index contributed by atoms with van der Waals surface area (Å²) in [5, 5.41) is 3.65. The molecule has 0 spiro atoms. The molecule has 0 bridgehead atoms. The summed E-state index contributed by atoms with van der Waals surface area (Å²) in [7, 11) is 1.69. The van der Waals surface area contributed by atoms with Crippen molar-refractivity contribution in [2.75, 3.05) is 20.3 Å². The van der Waals surface area contributed by atoms with E-state index in [2.05, 4.69) is 23.5 Å². The van der Waals surface area contributed by atoms with Crippen LogP contribution in [-0.2, 0) is 11.3 Å². The molecule has 0 radical (unpaired) electrons. The summed E-state index contributed by atoms with van der Waals surface area (Å²) in [6.45, 7) is 2.17. The second-order valence-electron chi connectivity index (χ2n) is 5.20. The van der Waals surface area contributed by atoms with E-state index in [1.807, 2.05) is 6.07 Å². The molecule has 2 rings (SSSR count). The summed E-state index contributed by atoms with van der Waals surface area (Å²) in [6.07, 6.45) is 6.80. The molecule has 0 saturated heterocycles. The largest absolute Gasteiger partial charge is 0.491 e. The predicted molar refractivity (Wildman–Crippen MR) is 77.5 cm³/mol. The highest BCUT2D eigenvalue weighted by Gasteiger charge is 2.12. The van der Waals surface area contributed by atoms with Crippen LogP contribution in [0.15, 0.2) is 24.3 Å². The second kappa shape index (κ2) is 8.18. The molecule has 3 heteroatoms. The quantitative estimate of drug-likeness (QED) is 0.767. The molecule has 1 aromatic rings. The predicted octanol–water partition coefficient (Wildman–Crippen LogP) is 3.13. The maximum atomic E-state index is 5.63. The molecule has 0 amide bonds. The van der Waals surface area contributed by atoms with Gasteiger partial charge < -0.3 is 14.8 Å². The lowest BCUT2D eigenvalue weighted by molar-refractivity contribution is 0.146. The monoisotopic (exact) mass is 263 g/mol. The summed E-state index contributed by atoms with van der Waals surface area (Å²) >= 11 is 0. The van der Waals surface area contributed by atoms with Crippen LogP contribution < -0.4 is 10.1 Å². The van der Waals surface area contributed by atoms with E-state index in [0.29, 0.717) is 19.3 Å². The van der Waals surface area contributed by atoms with Gasteiger partial charge in [0.2, 0.25) is 0 Å². The van der Waals surface area contributed by atoms with Crippen LogP contribution in [0.4, 0.5) is 0 Å². The Morgan fingerprint density at radius 2 is 2.00 bits per heavy atom. The van der Waals surface area contributed by atoms with Crippen molar-refractivity contribution in [3.8, 4) is 5.75 Å². The molecule has 1 aliphatic carbocycles. The van der Waals surface area contributed by atoms with Crippen LogP contribution >= 0.6 is 0 Å². The highest BCUT2D eigenvalue weighted by Crippen LogP contribution is 2.18. The van der Waals surface area contributed by atoms with Gasteiger partial charge in [0, 0.05) is 19.7 Å². The highest BCUT2D eigenvalue weighted by atomic mass is 16.5. The van der Waals surface area contributed by atoms with Crippen molar-refractivity contribution < 1.29 is 9.47 Å². The Morgan fingerprint density at radius 1 is 1.16 bits per heavy atom. The molecular weight excluding hydrogens is 238 g/mol. The summed E-state index contributed by atoms with van der Waals surface area (Å²) in [5.74, 6) is 0.931. The van der Waals surface area contributed by atoms with E-state index < -0.39 is 0 Å². The Kier molecular flexibility index (Phi) is 6.18. The van der Waals surface area contributed by atoms with Crippen LogP contribution in [0.5, 0.6) is 5.75 Å². The zero-order valence-electron chi connectivity index (χ0n) is 11.9. The third-order valence-corrected chi connectivity index (χ3v) is 3.65. The average molecular weight is 263 g/mol. The van der Waals surface area contributed by atoms with Crippen molar-refractivity contribution in [2.24, 2.45) is 0 Å². The van der Waals surface area contributed by atoms with Crippen molar-refractivity contribution in [1.82, 2.24) is 5.32 Å². The van der Waals surface area contributed by atoms with Gasteiger partial charge in [0.15, 0.2) is 0 Å². The Balaban J connectivity index is 1.77. The molecule has 1 aliphatic rings. The Labute approximate surface area is 116 Å². The van der Waals surface area contributed by atoms with E-state index in [9.17, 15) is 0 Å². The van der Waals surface area contributed by atoms with Crippen molar-refractivity contribution in [2.45, 2.75) is 44.7 Å². The van der Waals surface area contributed by atoms with Gasteiger partial charge >= 0.3 is 0 Å². The maximum absolute atomic E-state index is 5.63. The molecule has 0 atom stereocenters. The summed E-state index contributed by atoms with van der Waals surface area (Å²) in [4.78, 5) is 0. The van der Waals surface area contributed by atoms with E-state index in [0.717, 1.165) is 12.3 Å². The number of rotatable bonds is 7. The van der Waals surface area contributed by atoms with E-state index in [4.69, 9.17) is 9.47 Å². The van der Waals surface area contributed by atoms with E-state index in [-0.39, 0.29) is 0 Å². The smallest absolute Gasteiger partial charge is 0.119 e. The molecule has 106 valence electrons. The first kappa shape index (κ1) is 14.4. The van der Waals surface area contributed by atoms with Gasteiger partial charge in [-0.15, -0.1) is 0 Å². The minimum atomic E-state index is 0.607. The van der Waals surface area contributed by atoms with Gasteiger partial charge in [-0.1, -0.05) is 31.4 Å². The zero-order valence-corrected chi connectivity index (χ0v) is 11.9. The lowest BCUT2D eigenvalue weighted by Gasteiger charge is -2.23. The average Bonchev–Trinajstić information content (AvgIpc) is 2.47. The van der Waals surface area contributed by atoms with Crippen molar-refractivity contribution >= 4 is 0 Å². The number of nitrogens with one attached hydrogen (secondary N) is 1. The number of hydrogen-bond acceptors (Lipinski definition) is 3. The maximum Gasteiger partial charge on any atom is 0.119 e. The Bertz CT molecular complexity index is 362. The molecule has 19 heavy (non-hydrogen) atoms. The van der Waals surface area contributed by atoms with E-state index in [1.165, 1.54) is 37.7 Å². The molecule has 0 unspecified atom stereocenters. The summed E-state index contributed by atoms with van der Waals surface area (Å²) in [5.41, 5.74) is 1.29. The van der Waals surface area contributed by atoms with Crippen LogP contribution in [0.25, 0.3) is 0 Å². The summed E-state index contributed by atoms with van der Waals surface area (Å²) < 4.78 is 10.6. The minimum Gasteiger partial charge on any atom is -0.491 e. The fraction of sp³-hybridized carbons (Fsp3) is 0.625. The van der Waals surface area contributed by atoms with E-state index >= 15 is 0 Å². The van der Waals surface area contributed by atoms with Gasteiger partial charge in [0.1, 0.15) is 12.4 Å². The molecule has 1 aromatic carbocycles. The summed E-state index contributed by atoms with van der Waals surface area (Å²) in [6, 6.07) is 9.02. The molecular formula is C16H25NO2. The number of ether oxygens (including phenoxy) is 2. The van der Waals surface area contributed by atoms with Crippen LogP contribution in [0.2, 0.25) is 0 Å². The Morgan fingerprint density at radius 3 is 2.79 bits per heavy atom. The molecule has 1 N–H and O–H groups in total. The standard InChI is InChI=1S/C16H25NO2/c1-18-10-11-19-16-9-5-6-14(12-16)13-17-15-7-3-2-4-8-15/h5-6,9,12,15,17H,2-4,7-8,10-11,13H2,1H3. The Hall–Kier alpha value is -1.06. The highest BCUT2D eigenvalue weighted by molar-refractivity contribution is 5.28. The normalized spacial score (nSPS) is 16.5. The van der Waals surface area contributed by atoms with Gasteiger partial charge in [-0.05, 0) is 30.5 Å². The van der Waals surface area contributed by atoms with Gasteiger partial charge in [0.25, 0.3) is 0 Å². The van der Waals surface area contributed by atoms with Crippen LogP contribution in [0, 0.1) is 0 Å². The first-order valence-electron chi connectivity index (χ1n) is 7.32. The van der Waals surface area contributed by atoms with Crippen molar-refractivity contribution in [1.29, 1.82) is 0 Å². The lowest BCUT2D eigenvalue weighted by Crippen LogP contribution is -2.30. The number of methoxy groups -OCH3 is 1. The fourth-order valence-corrected chi connectivity index (χ4v) is 2.56. The first-order valence-corrected chi connectivity index (χ1v) is 7.32. The molecule has 0 heterocycles. The lowest BCUT2D eigenvalue weighted by atomic mass is 9.95. The third kappa shape index (κ3) is 5.21.